The van der Waals surface area contributed by atoms with Gasteiger partial charge < -0.3 is 15.0 Å². The number of hydrogen-bond donors (Lipinski definition) is 1. The van der Waals surface area contributed by atoms with Gasteiger partial charge in [0.25, 0.3) is 0 Å². The highest BCUT2D eigenvalue weighted by atomic mass is 32.1. The number of nitrogens with zero attached hydrogens (tertiary/aromatic N) is 2. The molecule has 0 aliphatic carbocycles. The van der Waals surface area contributed by atoms with Crippen LogP contribution in [-0.4, -0.2) is 30.6 Å². The van der Waals surface area contributed by atoms with Gasteiger partial charge >= 0.3 is 0 Å². The maximum absolute atomic E-state index is 13.8. The van der Waals surface area contributed by atoms with Crippen LogP contribution in [0.15, 0.2) is 42.5 Å². The number of para-hydroxylation sites is 1. The molecule has 0 unspecified atom stereocenters. The predicted octanol–water partition coefficient (Wildman–Crippen LogP) is 3.91. The van der Waals surface area contributed by atoms with Gasteiger partial charge in [0, 0.05) is 18.8 Å². The van der Waals surface area contributed by atoms with Crippen molar-refractivity contribution in [2.45, 2.75) is 6.92 Å². The fourth-order valence-electron chi connectivity index (χ4n) is 2.88. The Morgan fingerprint density at radius 3 is 2.77 bits per heavy atom. The first-order chi connectivity index (χ1) is 12.6. The molecule has 0 bridgehead atoms. The van der Waals surface area contributed by atoms with E-state index in [0.29, 0.717) is 25.2 Å². The van der Waals surface area contributed by atoms with Crippen molar-refractivity contribution in [1.82, 2.24) is 4.98 Å². The molecule has 0 atom stereocenters. The van der Waals surface area contributed by atoms with Crippen LogP contribution in [0, 0.1) is 11.7 Å². The fraction of sp³-hybridized carbons (Fsp3) is 0.263. The number of anilines is 2. The molecule has 0 radical (unpaired) electrons. The minimum Gasteiger partial charge on any atom is -0.494 e. The third kappa shape index (κ3) is 3.22. The highest BCUT2D eigenvalue weighted by molar-refractivity contribution is 7.22. The third-order valence-corrected chi connectivity index (χ3v) is 5.40. The number of amides is 1. The normalized spacial score (nSPS) is 14.3. The van der Waals surface area contributed by atoms with E-state index in [9.17, 15) is 9.18 Å². The monoisotopic (exact) mass is 371 g/mol. The zero-order valence-electron chi connectivity index (χ0n) is 14.2. The van der Waals surface area contributed by atoms with Crippen molar-refractivity contribution in [2.75, 3.05) is 29.9 Å². The molecule has 0 spiro atoms. The molecule has 1 aromatic heterocycles. The van der Waals surface area contributed by atoms with E-state index in [1.807, 2.05) is 42.2 Å². The van der Waals surface area contributed by atoms with Crippen LogP contribution in [0.4, 0.5) is 15.2 Å². The number of halogens is 1. The number of nitrogens with one attached hydrogen (secondary N) is 1. The molecule has 3 aromatic rings. The molecule has 7 heteroatoms. The predicted molar refractivity (Wildman–Crippen MR) is 102 cm³/mol. The van der Waals surface area contributed by atoms with E-state index in [0.717, 1.165) is 21.3 Å². The Bertz CT molecular complexity index is 936. The number of carbonyl (C=O) groups excluding carboxylic acids is 1. The van der Waals surface area contributed by atoms with Crippen molar-refractivity contribution >= 4 is 38.3 Å². The summed E-state index contributed by atoms with van der Waals surface area (Å²) >= 11 is 1.45. The summed E-state index contributed by atoms with van der Waals surface area (Å²) in [5, 5.41) is 3.68. The Balaban J connectivity index is 1.36. The van der Waals surface area contributed by atoms with Crippen LogP contribution in [-0.2, 0) is 4.79 Å². The summed E-state index contributed by atoms with van der Waals surface area (Å²) in [6.45, 7) is 3.71. The molecule has 26 heavy (non-hydrogen) atoms. The van der Waals surface area contributed by atoms with E-state index < -0.39 is 0 Å². The number of aromatic nitrogens is 1. The number of carbonyl (C=O) groups is 1. The number of fused-ring (bicyclic) bond motifs is 1. The average Bonchev–Trinajstić information content (AvgIpc) is 3.01. The second kappa shape index (κ2) is 6.92. The van der Waals surface area contributed by atoms with Gasteiger partial charge in [-0.25, -0.2) is 9.37 Å². The van der Waals surface area contributed by atoms with E-state index in [4.69, 9.17) is 4.74 Å². The van der Waals surface area contributed by atoms with Gasteiger partial charge in [0.1, 0.15) is 17.1 Å². The maximum Gasteiger partial charge on any atom is 0.231 e. The summed E-state index contributed by atoms with van der Waals surface area (Å²) in [6, 6.07) is 12.3. The number of hydrogen-bond acceptors (Lipinski definition) is 5. The molecule has 4 rings (SSSR count). The van der Waals surface area contributed by atoms with Gasteiger partial charge in [-0.3, -0.25) is 4.79 Å². The molecule has 5 nitrogen and oxygen atoms in total. The SMILES string of the molecule is CCOc1ccc(NC(=O)C2CN(c3nc4c(F)cccc4s3)C2)cc1. The van der Waals surface area contributed by atoms with Crippen LogP contribution in [0.5, 0.6) is 5.75 Å². The third-order valence-electron chi connectivity index (χ3n) is 4.31. The maximum atomic E-state index is 13.8. The first kappa shape index (κ1) is 16.8. The van der Waals surface area contributed by atoms with Crippen molar-refractivity contribution < 1.29 is 13.9 Å². The summed E-state index contributed by atoms with van der Waals surface area (Å²) in [5.74, 6) is 0.356. The minimum absolute atomic E-state index is 0.0160. The largest absolute Gasteiger partial charge is 0.494 e. The standard InChI is InChI=1S/C19H18FN3O2S/c1-2-25-14-8-6-13(7-9-14)21-18(24)12-10-23(11-12)19-22-17-15(20)4-3-5-16(17)26-19/h3-9,12H,2,10-11H2,1H3,(H,21,24). The highest BCUT2D eigenvalue weighted by Crippen LogP contribution is 2.34. The van der Waals surface area contributed by atoms with Gasteiger partial charge in [0.15, 0.2) is 5.13 Å². The van der Waals surface area contributed by atoms with Crippen molar-refractivity contribution in [1.29, 1.82) is 0 Å². The summed E-state index contributed by atoms with van der Waals surface area (Å²) in [6.07, 6.45) is 0. The van der Waals surface area contributed by atoms with Crippen molar-refractivity contribution in [2.24, 2.45) is 5.92 Å². The van der Waals surface area contributed by atoms with Gasteiger partial charge in [-0.1, -0.05) is 17.4 Å². The second-order valence-electron chi connectivity index (χ2n) is 6.13. The number of benzene rings is 2. The van der Waals surface area contributed by atoms with E-state index in [-0.39, 0.29) is 17.6 Å². The van der Waals surface area contributed by atoms with Crippen molar-refractivity contribution in [3.8, 4) is 5.75 Å². The molecule has 1 aliphatic rings. The Labute approximate surface area is 154 Å². The quantitative estimate of drug-likeness (QED) is 0.739. The molecule has 1 fully saturated rings. The van der Waals surface area contributed by atoms with E-state index in [2.05, 4.69) is 10.3 Å². The molecule has 1 aliphatic heterocycles. The number of rotatable bonds is 5. The lowest BCUT2D eigenvalue weighted by molar-refractivity contribution is -0.120. The van der Waals surface area contributed by atoms with E-state index in [1.165, 1.54) is 17.4 Å². The van der Waals surface area contributed by atoms with E-state index >= 15 is 0 Å². The van der Waals surface area contributed by atoms with Gasteiger partial charge in [-0.05, 0) is 43.3 Å². The zero-order chi connectivity index (χ0) is 18.1. The van der Waals surface area contributed by atoms with Crippen LogP contribution in [0.3, 0.4) is 0 Å². The molecule has 134 valence electrons. The first-order valence-corrected chi connectivity index (χ1v) is 9.29. The average molecular weight is 371 g/mol. The Kier molecular flexibility index (Phi) is 4.46. The zero-order valence-corrected chi connectivity index (χ0v) is 15.1. The van der Waals surface area contributed by atoms with Gasteiger partial charge in [0.2, 0.25) is 5.91 Å². The molecule has 1 saturated heterocycles. The molecule has 0 saturated carbocycles. The van der Waals surface area contributed by atoms with E-state index in [1.54, 1.807) is 6.07 Å². The topological polar surface area (TPSA) is 54.5 Å². The van der Waals surface area contributed by atoms with Gasteiger partial charge in [-0.15, -0.1) is 0 Å². The molecular formula is C19H18FN3O2S. The lowest BCUT2D eigenvalue weighted by Crippen LogP contribution is -2.52. The molecular weight excluding hydrogens is 353 g/mol. The van der Waals surface area contributed by atoms with Crippen LogP contribution in [0.25, 0.3) is 10.2 Å². The van der Waals surface area contributed by atoms with Crippen LogP contribution in [0.1, 0.15) is 6.92 Å². The van der Waals surface area contributed by atoms with Crippen molar-refractivity contribution in [3.05, 3.63) is 48.3 Å². The highest BCUT2D eigenvalue weighted by Gasteiger charge is 2.34. The lowest BCUT2D eigenvalue weighted by atomic mass is 10.00. The molecule has 1 amide bonds. The first-order valence-electron chi connectivity index (χ1n) is 8.48. The second-order valence-corrected chi connectivity index (χ2v) is 7.14. The number of ether oxygens (including phenoxy) is 1. The van der Waals surface area contributed by atoms with Gasteiger partial charge in [-0.2, -0.15) is 0 Å². The van der Waals surface area contributed by atoms with Crippen molar-refractivity contribution in [3.63, 3.8) is 0 Å². The van der Waals surface area contributed by atoms with Crippen LogP contribution < -0.4 is 15.0 Å². The summed E-state index contributed by atoms with van der Waals surface area (Å²) in [4.78, 5) is 18.7. The van der Waals surface area contributed by atoms with Gasteiger partial charge in [0.05, 0.1) is 17.2 Å². The fourth-order valence-corrected chi connectivity index (χ4v) is 3.88. The molecule has 2 aromatic carbocycles. The van der Waals surface area contributed by atoms with Crippen LogP contribution >= 0.6 is 11.3 Å². The smallest absolute Gasteiger partial charge is 0.231 e. The molecule has 2 heterocycles. The van der Waals surface area contributed by atoms with Crippen LogP contribution in [0.2, 0.25) is 0 Å². The lowest BCUT2D eigenvalue weighted by Gasteiger charge is -2.37. The summed E-state index contributed by atoms with van der Waals surface area (Å²) in [5.41, 5.74) is 1.15. The molecule has 1 N–H and O–H groups in total. The Morgan fingerprint density at radius 1 is 1.31 bits per heavy atom. The number of thiazole rings is 1. The summed E-state index contributed by atoms with van der Waals surface area (Å²) in [7, 11) is 0. The minimum atomic E-state index is -0.310. The summed E-state index contributed by atoms with van der Waals surface area (Å²) < 4.78 is 20.0. The Hall–Kier alpha value is -2.67. The Morgan fingerprint density at radius 2 is 2.08 bits per heavy atom.